The molecule has 6 heteroatoms. The fourth-order valence-electron chi connectivity index (χ4n) is 4.00. The van der Waals surface area contributed by atoms with Crippen molar-refractivity contribution in [1.82, 2.24) is 4.98 Å². The third-order valence-electron chi connectivity index (χ3n) is 5.17. The van der Waals surface area contributed by atoms with E-state index in [0.717, 1.165) is 11.5 Å². The van der Waals surface area contributed by atoms with Gasteiger partial charge in [0.15, 0.2) is 0 Å². The van der Waals surface area contributed by atoms with Gasteiger partial charge in [0.05, 0.1) is 11.1 Å². The number of rotatable bonds is 2. The van der Waals surface area contributed by atoms with Crippen LogP contribution in [0.1, 0.15) is 40.8 Å². The van der Waals surface area contributed by atoms with Crippen molar-refractivity contribution in [1.29, 1.82) is 0 Å². The van der Waals surface area contributed by atoms with Gasteiger partial charge in [-0.3, -0.25) is 10.7 Å². The van der Waals surface area contributed by atoms with Crippen molar-refractivity contribution in [3.05, 3.63) is 76.5 Å². The molecule has 1 heterocycles. The summed E-state index contributed by atoms with van der Waals surface area (Å²) in [5.41, 5.74) is 6.52. The van der Waals surface area contributed by atoms with Crippen LogP contribution in [0.3, 0.4) is 0 Å². The van der Waals surface area contributed by atoms with Gasteiger partial charge < -0.3 is 5.11 Å². The minimum Gasteiger partial charge on any atom is -0.372 e. The van der Waals surface area contributed by atoms with Crippen LogP contribution < -0.4 is 5.73 Å². The fraction of sp³-hybridized carbons (Fsp3) is 0.286. The summed E-state index contributed by atoms with van der Waals surface area (Å²) in [5.74, 6) is 0. The van der Waals surface area contributed by atoms with E-state index in [1.165, 1.54) is 12.1 Å². The number of hydrogen-bond acceptors (Lipinski definition) is 3. The number of para-hydroxylation sites is 1. The molecule has 0 radical (unpaired) electrons. The van der Waals surface area contributed by atoms with Crippen LogP contribution in [-0.4, -0.2) is 10.1 Å². The quantitative estimate of drug-likeness (QED) is 0.660. The monoisotopic (exact) mass is 372 g/mol. The second kappa shape index (κ2) is 6.32. The van der Waals surface area contributed by atoms with Crippen molar-refractivity contribution in [3.63, 3.8) is 0 Å². The first-order chi connectivity index (χ1) is 12.8. The second-order valence-corrected chi connectivity index (χ2v) is 7.04. The molecular formula is C21H19F3N2O. The standard InChI is InChI=1S/C21H19F3N2O/c22-21(23,24)16-8-3-1-6-13(16)12-15-14-7-2-4-9-17(14)26-18-10-5-11-20(25,27)19(15)18/h1-4,6-9,27H,5,10-12,25H2. The summed E-state index contributed by atoms with van der Waals surface area (Å²) in [5, 5.41) is 11.5. The lowest BCUT2D eigenvalue weighted by atomic mass is 9.81. The van der Waals surface area contributed by atoms with Crippen LogP contribution >= 0.6 is 0 Å². The first-order valence-electron chi connectivity index (χ1n) is 8.85. The molecule has 0 bridgehead atoms. The number of aryl methyl sites for hydroxylation is 1. The highest BCUT2D eigenvalue weighted by Crippen LogP contribution is 2.39. The van der Waals surface area contributed by atoms with Gasteiger partial charge >= 0.3 is 6.18 Å². The normalized spacial score (nSPS) is 19.9. The van der Waals surface area contributed by atoms with Gasteiger partial charge in [0.25, 0.3) is 0 Å². The zero-order valence-electron chi connectivity index (χ0n) is 14.6. The fourth-order valence-corrected chi connectivity index (χ4v) is 4.00. The summed E-state index contributed by atoms with van der Waals surface area (Å²) >= 11 is 0. The number of nitrogens with zero attached hydrogens (tertiary/aromatic N) is 1. The smallest absolute Gasteiger partial charge is 0.372 e. The van der Waals surface area contributed by atoms with Crippen molar-refractivity contribution in [2.45, 2.75) is 37.6 Å². The van der Waals surface area contributed by atoms with Crippen LogP contribution in [0.5, 0.6) is 0 Å². The van der Waals surface area contributed by atoms with E-state index in [0.29, 0.717) is 41.6 Å². The highest BCUT2D eigenvalue weighted by Gasteiger charge is 2.37. The van der Waals surface area contributed by atoms with E-state index in [1.807, 2.05) is 24.3 Å². The predicted molar refractivity (Wildman–Crippen MR) is 97.0 cm³/mol. The molecule has 140 valence electrons. The molecule has 3 nitrogen and oxygen atoms in total. The molecule has 0 aliphatic heterocycles. The number of nitrogens with two attached hydrogens (primary N) is 1. The highest BCUT2D eigenvalue weighted by atomic mass is 19.4. The van der Waals surface area contributed by atoms with Gasteiger partial charge in [0.2, 0.25) is 0 Å². The number of fused-ring (bicyclic) bond motifs is 2. The lowest BCUT2D eigenvalue weighted by molar-refractivity contribution is -0.138. The van der Waals surface area contributed by atoms with Crippen LogP contribution in [0.15, 0.2) is 48.5 Å². The van der Waals surface area contributed by atoms with Crippen molar-refractivity contribution in [2.75, 3.05) is 0 Å². The number of benzene rings is 2. The first kappa shape index (κ1) is 17.9. The number of pyridine rings is 1. The maximum absolute atomic E-state index is 13.5. The van der Waals surface area contributed by atoms with Crippen LogP contribution in [0.4, 0.5) is 13.2 Å². The number of aliphatic hydroxyl groups is 1. The van der Waals surface area contributed by atoms with E-state index in [1.54, 1.807) is 6.07 Å². The lowest BCUT2D eigenvalue weighted by Gasteiger charge is -2.33. The summed E-state index contributed by atoms with van der Waals surface area (Å²) in [6, 6.07) is 12.8. The van der Waals surface area contributed by atoms with Gasteiger partial charge in [-0.1, -0.05) is 36.4 Å². The maximum Gasteiger partial charge on any atom is 0.416 e. The zero-order valence-corrected chi connectivity index (χ0v) is 14.6. The highest BCUT2D eigenvalue weighted by molar-refractivity contribution is 5.84. The zero-order chi connectivity index (χ0) is 19.2. The van der Waals surface area contributed by atoms with Gasteiger partial charge in [-0.05, 0) is 48.9 Å². The molecule has 1 aliphatic carbocycles. The van der Waals surface area contributed by atoms with Gasteiger partial charge in [0, 0.05) is 16.6 Å². The molecule has 3 aromatic rings. The summed E-state index contributed by atoms with van der Waals surface area (Å²) in [6.07, 6.45) is -2.73. The Morgan fingerprint density at radius 3 is 2.56 bits per heavy atom. The molecule has 1 unspecified atom stereocenters. The Morgan fingerprint density at radius 1 is 1.07 bits per heavy atom. The SMILES string of the molecule is NC1(O)CCCc2nc3ccccc3c(Cc3ccccc3C(F)(F)F)c21. The van der Waals surface area contributed by atoms with Crippen molar-refractivity contribution >= 4 is 10.9 Å². The Hall–Kier alpha value is -2.44. The van der Waals surface area contributed by atoms with Gasteiger partial charge in [0.1, 0.15) is 5.72 Å². The molecule has 0 saturated heterocycles. The molecule has 1 atom stereocenters. The molecule has 27 heavy (non-hydrogen) atoms. The number of aromatic nitrogens is 1. The third kappa shape index (κ3) is 3.19. The molecule has 1 aliphatic rings. The third-order valence-corrected chi connectivity index (χ3v) is 5.17. The topological polar surface area (TPSA) is 59.1 Å². The van der Waals surface area contributed by atoms with Crippen molar-refractivity contribution in [2.24, 2.45) is 5.73 Å². The van der Waals surface area contributed by atoms with E-state index >= 15 is 0 Å². The molecule has 4 rings (SSSR count). The average Bonchev–Trinajstić information content (AvgIpc) is 2.60. The Bertz CT molecular complexity index is 1010. The minimum absolute atomic E-state index is 0.0283. The van der Waals surface area contributed by atoms with E-state index in [9.17, 15) is 18.3 Å². The maximum atomic E-state index is 13.5. The molecule has 0 fully saturated rings. The van der Waals surface area contributed by atoms with E-state index in [2.05, 4.69) is 4.98 Å². The molecule has 2 aromatic carbocycles. The van der Waals surface area contributed by atoms with E-state index in [4.69, 9.17) is 5.73 Å². The van der Waals surface area contributed by atoms with Crippen LogP contribution in [0.2, 0.25) is 0 Å². The first-order valence-corrected chi connectivity index (χ1v) is 8.85. The largest absolute Gasteiger partial charge is 0.416 e. The number of hydrogen-bond donors (Lipinski definition) is 2. The Morgan fingerprint density at radius 2 is 1.78 bits per heavy atom. The van der Waals surface area contributed by atoms with Crippen LogP contribution in [0.25, 0.3) is 10.9 Å². The number of halogens is 3. The molecular weight excluding hydrogens is 353 g/mol. The summed E-state index contributed by atoms with van der Waals surface area (Å²) in [7, 11) is 0. The molecule has 0 saturated carbocycles. The predicted octanol–water partition coefficient (Wildman–Crippen LogP) is 4.28. The molecule has 0 amide bonds. The van der Waals surface area contributed by atoms with Gasteiger partial charge in [-0.2, -0.15) is 13.2 Å². The number of alkyl halides is 3. The Balaban J connectivity index is 1.97. The second-order valence-electron chi connectivity index (χ2n) is 7.04. The van der Waals surface area contributed by atoms with E-state index in [-0.39, 0.29) is 12.0 Å². The van der Waals surface area contributed by atoms with E-state index < -0.39 is 17.5 Å². The van der Waals surface area contributed by atoms with Gasteiger partial charge in [-0.25, -0.2) is 0 Å². The molecule has 0 spiro atoms. The van der Waals surface area contributed by atoms with Crippen molar-refractivity contribution < 1.29 is 18.3 Å². The summed E-state index contributed by atoms with van der Waals surface area (Å²) in [4.78, 5) is 4.62. The molecule has 3 N–H and O–H groups in total. The lowest BCUT2D eigenvalue weighted by Crippen LogP contribution is -2.41. The van der Waals surface area contributed by atoms with Crippen molar-refractivity contribution in [3.8, 4) is 0 Å². The Labute approximate surface area is 154 Å². The summed E-state index contributed by atoms with van der Waals surface area (Å²) in [6.45, 7) is 0. The Kier molecular flexibility index (Phi) is 4.20. The minimum atomic E-state index is -4.45. The molecule has 1 aromatic heterocycles. The van der Waals surface area contributed by atoms with Crippen LogP contribution in [-0.2, 0) is 24.7 Å². The average molecular weight is 372 g/mol. The van der Waals surface area contributed by atoms with Gasteiger partial charge in [-0.15, -0.1) is 0 Å². The summed E-state index contributed by atoms with van der Waals surface area (Å²) < 4.78 is 40.4. The van der Waals surface area contributed by atoms with Crippen LogP contribution in [0, 0.1) is 0 Å².